The zero-order chi connectivity index (χ0) is 19.0. The first-order valence-electron chi connectivity index (χ1n) is 8.70. The number of Topliss-reactive ketones (excluding diaryl/α,β-unsaturated/α-hetero) is 1. The zero-order valence-corrected chi connectivity index (χ0v) is 15.4. The number of ether oxygens (including phenoxy) is 3. The number of hydrogen-bond acceptors (Lipinski definition) is 5. The van der Waals surface area contributed by atoms with E-state index in [0.29, 0.717) is 46.2 Å². The summed E-state index contributed by atoms with van der Waals surface area (Å²) in [7, 11) is 0. The number of carbonyl (C=O) groups excluding carboxylic acids is 2. The fourth-order valence-electron chi connectivity index (χ4n) is 3.15. The molecule has 4 rings (SSSR count). The molecule has 138 valence electrons. The van der Waals surface area contributed by atoms with Crippen LogP contribution in [0.1, 0.15) is 34.3 Å². The van der Waals surface area contributed by atoms with Gasteiger partial charge in [0.2, 0.25) is 5.78 Å². The number of allylic oxidation sites excluding steroid dienone is 1. The third-order valence-corrected chi connectivity index (χ3v) is 4.98. The second-order valence-electron chi connectivity index (χ2n) is 6.45. The van der Waals surface area contributed by atoms with Crippen LogP contribution in [0.15, 0.2) is 42.2 Å². The first kappa shape index (κ1) is 17.8. The molecule has 0 spiro atoms. The van der Waals surface area contributed by atoms with Gasteiger partial charge < -0.3 is 14.2 Å². The topological polar surface area (TPSA) is 61.8 Å². The Kier molecular flexibility index (Phi) is 4.72. The molecule has 2 aromatic rings. The standard InChI is InChI=1S/C21H17ClO5/c1-12-16(27-21(24)17-7-4-10-25-17)9-8-14-19(23)18(26-20(12)14)11-13-5-2-3-6-15(13)22/h2-3,5-6,8-9,11,17H,4,7,10H2,1H3/b18-11-. The van der Waals surface area contributed by atoms with Crippen molar-refractivity contribution in [1.82, 2.24) is 0 Å². The van der Waals surface area contributed by atoms with E-state index in [0.717, 1.165) is 6.42 Å². The molecule has 0 saturated carbocycles. The summed E-state index contributed by atoms with van der Waals surface area (Å²) in [6.45, 7) is 2.32. The second-order valence-corrected chi connectivity index (χ2v) is 6.86. The summed E-state index contributed by atoms with van der Waals surface area (Å²) in [6, 6.07) is 10.4. The number of hydrogen-bond donors (Lipinski definition) is 0. The lowest BCUT2D eigenvalue weighted by Gasteiger charge is -2.12. The van der Waals surface area contributed by atoms with Gasteiger partial charge in [0.1, 0.15) is 11.5 Å². The summed E-state index contributed by atoms with van der Waals surface area (Å²) in [6.07, 6.45) is 2.58. The van der Waals surface area contributed by atoms with Crippen LogP contribution in [0.3, 0.4) is 0 Å². The normalized spacial score (nSPS) is 19.9. The van der Waals surface area contributed by atoms with Crippen LogP contribution in [-0.4, -0.2) is 24.5 Å². The zero-order valence-electron chi connectivity index (χ0n) is 14.7. The molecule has 2 aliphatic heterocycles. The highest BCUT2D eigenvalue weighted by Gasteiger charge is 2.32. The van der Waals surface area contributed by atoms with Crippen LogP contribution in [-0.2, 0) is 9.53 Å². The van der Waals surface area contributed by atoms with E-state index in [9.17, 15) is 9.59 Å². The molecule has 5 nitrogen and oxygen atoms in total. The van der Waals surface area contributed by atoms with Crippen molar-refractivity contribution < 1.29 is 23.8 Å². The summed E-state index contributed by atoms with van der Waals surface area (Å²) >= 11 is 6.16. The number of fused-ring (bicyclic) bond motifs is 1. The van der Waals surface area contributed by atoms with Gasteiger partial charge in [-0.05, 0) is 49.6 Å². The Morgan fingerprint density at radius 3 is 2.81 bits per heavy atom. The van der Waals surface area contributed by atoms with Crippen molar-refractivity contribution in [1.29, 1.82) is 0 Å². The highest BCUT2D eigenvalue weighted by atomic mass is 35.5. The minimum absolute atomic E-state index is 0.184. The third kappa shape index (κ3) is 3.36. The highest BCUT2D eigenvalue weighted by Crippen LogP contribution is 2.39. The summed E-state index contributed by atoms with van der Waals surface area (Å²) in [4.78, 5) is 24.8. The summed E-state index contributed by atoms with van der Waals surface area (Å²) < 4.78 is 16.6. The molecule has 6 heteroatoms. The molecule has 0 aliphatic carbocycles. The molecule has 27 heavy (non-hydrogen) atoms. The lowest BCUT2D eigenvalue weighted by Crippen LogP contribution is -2.25. The van der Waals surface area contributed by atoms with Gasteiger partial charge in [0.25, 0.3) is 0 Å². The molecule has 1 unspecified atom stereocenters. The van der Waals surface area contributed by atoms with Crippen molar-refractivity contribution in [3.8, 4) is 11.5 Å². The average molecular weight is 385 g/mol. The van der Waals surface area contributed by atoms with E-state index >= 15 is 0 Å². The van der Waals surface area contributed by atoms with E-state index in [1.165, 1.54) is 0 Å². The molecular formula is C21H17ClO5. The summed E-state index contributed by atoms with van der Waals surface area (Å²) in [5.41, 5.74) is 1.72. The van der Waals surface area contributed by atoms with E-state index in [1.54, 1.807) is 37.3 Å². The molecule has 1 atom stereocenters. The van der Waals surface area contributed by atoms with Gasteiger partial charge in [0, 0.05) is 17.2 Å². The van der Waals surface area contributed by atoms with Crippen LogP contribution >= 0.6 is 11.6 Å². The lowest BCUT2D eigenvalue weighted by molar-refractivity contribution is -0.144. The number of halogens is 1. The number of benzene rings is 2. The van der Waals surface area contributed by atoms with Crippen molar-refractivity contribution in [3.05, 3.63) is 63.9 Å². The van der Waals surface area contributed by atoms with Crippen LogP contribution in [0.4, 0.5) is 0 Å². The summed E-state index contributed by atoms with van der Waals surface area (Å²) in [5, 5.41) is 0.528. The van der Waals surface area contributed by atoms with Gasteiger partial charge >= 0.3 is 5.97 Å². The van der Waals surface area contributed by atoms with Gasteiger partial charge in [0.05, 0.1) is 5.56 Å². The maximum atomic E-state index is 12.6. The van der Waals surface area contributed by atoms with Gasteiger partial charge in [-0.25, -0.2) is 4.79 Å². The molecule has 0 bridgehead atoms. The van der Waals surface area contributed by atoms with Crippen LogP contribution in [0.2, 0.25) is 5.02 Å². The average Bonchev–Trinajstić information content (AvgIpc) is 3.29. The lowest BCUT2D eigenvalue weighted by atomic mass is 10.1. The molecule has 1 fully saturated rings. The fraction of sp³-hybridized carbons (Fsp3) is 0.238. The Morgan fingerprint density at radius 1 is 1.26 bits per heavy atom. The minimum atomic E-state index is -0.532. The number of carbonyl (C=O) groups is 2. The van der Waals surface area contributed by atoms with Gasteiger partial charge in [0.15, 0.2) is 11.9 Å². The Hall–Kier alpha value is -2.63. The second kappa shape index (κ2) is 7.18. The van der Waals surface area contributed by atoms with Gasteiger partial charge in [-0.15, -0.1) is 0 Å². The van der Waals surface area contributed by atoms with Crippen molar-refractivity contribution in [2.75, 3.05) is 6.61 Å². The largest absolute Gasteiger partial charge is 0.452 e. The SMILES string of the molecule is Cc1c(OC(=O)C2CCCO2)ccc2c1O/C(=C\c1ccccc1Cl)C2=O. The monoisotopic (exact) mass is 384 g/mol. The molecular weight excluding hydrogens is 368 g/mol. The van der Waals surface area contributed by atoms with Crippen LogP contribution < -0.4 is 9.47 Å². The maximum absolute atomic E-state index is 12.6. The van der Waals surface area contributed by atoms with Gasteiger partial charge in [-0.1, -0.05) is 29.8 Å². The van der Waals surface area contributed by atoms with E-state index in [2.05, 4.69) is 0 Å². The minimum Gasteiger partial charge on any atom is -0.452 e. The van der Waals surface area contributed by atoms with Crippen LogP contribution in [0.25, 0.3) is 6.08 Å². The van der Waals surface area contributed by atoms with Gasteiger partial charge in [-0.2, -0.15) is 0 Å². The summed E-state index contributed by atoms with van der Waals surface area (Å²) in [5.74, 6) is 0.289. The Labute approximate surface area is 161 Å². The van der Waals surface area contributed by atoms with E-state index in [1.807, 2.05) is 12.1 Å². The maximum Gasteiger partial charge on any atom is 0.340 e. The predicted octanol–water partition coefficient (Wildman–Crippen LogP) is 4.35. The first-order chi connectivity index (χ1) is 13.0. The van der Waals surface area contributed by atoms with Crippen molar-refractivity contribution >= 4 is 29.4 Å². The molecule has 0 amide bonds. The molecule has 0 N–H and O–H groups in total. The molecule has 2 aromatic carbocycles. The Balaban J connectivity index is 1.61. The number of ketones is 1. The van der Waals surface area contributed by atoms with E-state index in [-0.39, 0.29) is 11.5 Å². The molecule has 0 radical (unpaired) electrons. The smallest absolute Gasteiger partial charge is 0.340 e. The first-order valence-corrected chi connectivity index (χ1v) is 9.08. The van der Waals surface area contributed by atoms with E-state index < -0.39 is 12.1 Å². The Bertz CT molecular complexity index is 957. The Morgan fingerprint density at radius 2 is 2.07 bits per heavy atom. The molecule has 2 heterocycles. The fourth-order valence-corrected chi connectivity index (χ4v) is 3.34. The van der Waals surface area contributed by atoms with Crippen LogP contribution in [0, 0.1) is 6.92 Å². The highest BCUT2D eigenvalue weighted by molar-refractivity contribution is 6.32. The third-order valence-electron chi connectivity index (χ3n) is 4.63. The predicted molar refractivity (Wildman–Crippen MR) is 100 cm³/mol. The van der Waals surface area contributed by atoms with Crippen molar-refractivity contribution in [2.24, 2.45) is 0 Å². The molecule has 0 aromatic heterocycles. The number of rotatable bonds is 3. The molecule has 2 aliphatic rings. The van der Waals surface area contributed by atoms with Gasteiger partial charge in [-0.3, -0.25) is 4.79 Å². The van der Waals surface area contributed by atoms with E-state index in [4.69, 9.17) is 25.8 Å². The van der Waals surface area contributed by atoms with Crippen molar-refractivity contribution in [3.63, 3.8) is 0 Å². The number of esters is 1. The quantitative estimate of drug-likeness (QED) is 0.447. The van der Waals surface area contributed by atoms with Crippen LogP contribution in [0.5, 0.6) is 11.5 Å². The molecule has 1 saturated heterocycles. The van der Waals surface area contributed by atoms with Crippen molar-refractivity contribution in [2.45, 2.75) is 25.9 Å².